The number of methoxy groups -OCH3 is 1. The predicted molar refractivity (Wildman–Crippen MR) is 101 cm³/mol. The first-order valence-corrected chi connectivity index (χ1v) is 9.16. The zero-order valence-electron chi connectivity index (χ0n) is 15.0. The summed E-state index contributed by atoms with van der Waals surface area (Å²) in [6, 6.07) is 12.1. The lowest BCUT2D eigenvalue weighted by Gasteiger charge is -2.09. The van der Waals surface area contributed by atoms with Gasteiger partial charge in [0, 0.05) is 11.3 Å². The average molecular weight is 424 g/mol. The van der Waals surface area contributed by atoms with Gasteiger partial charge in [-0.05, 0) is 48.5 Å². The standard InChI is InChI=1S/C18H15F3N4O3S/c1-27-13-6-2-11(3-7-13)16-23-17(25-24-16)29-10-15(26)22-12-4-8-14(9-5-12)28-18(19,20)21/h2-9H,10H2,1H3,(H,22,26)(H,23,24,25). The number of nitrogens with one attached hydrogen (secondary N) is 2. The van der Waals surface area contributed by atoms with Crippen molar-refractivity contribution < 1.29 is 27.4 Å². The fraction of sp³-hybridized carbons (Fsp3) is 0.167. The lowest BCUT2D eigenvalue weighted by Crippen LogP contribution is -2.17. The first-order chi connectivity index (χ1) is 13.8. The van der Waals surface area contributed by atoms with Crippen LogP contribution in [0.3, 0.4) is 0 Å². The van der Waals surface area contributed by atoms with E-state index in [1.54, 1.807) is 19.2 Å². The van der Waals surface area contributed by atoms with E-state index in [0.717, 1.165) is 35.2 Å². The number of benzene rings is 2. The lowest BCUT2D eigenvalue weighted by molar-refractivity contribution is -0.274. The van der Waals surface area contributed by atoms with Crippen LogP contribution in [0, 0.1) is 0 Å². The Labute approximate surface area is 167 Å². The van der Waals surface area contributed by atoms with Crippen molar-refractivity contribution >= 4 is 23.4 Å². The van der Waals surface area contributed by atoms with Gasteiger partial charge in [0.05, 0.1) is 12.9 Å². The molecule has 0 saturated carbocycles. The van der Waals surface area contributed by atoms with Crippen molar-refractivity contribution in [2.45, 2.75) is 11.5 Å². The molecule has 0 bridgehead atoms. The number of carbonyl (C=O) groups is 1. The third-order valence-corrected chi connectivity index (χ3v) is 4.38. The van der Waals surface area contributed by atoms with E-state index < -0.39 is 6.36 Å². The predicted octanol–water partition coefficient (Wildman–Crippen LogP) is 4.11. The molecule has 152 valence electrons. The largest absolute Gasteiger partial charge is 0.573 e. The van der Waals surface area contributed by atoms with Gasteiger partial charge in [0.25, 0.3) is 0 Å². The van der Waals surface area contributed by atoms with Gasteiger partial charge in [-0.1, -0.05) is 11.8 Å². The Morgan fingerprint density at radius 2 is 1.76 bits per heavy atom. The van der Waals surface area contributed by atoms with Crippen molar-refractivity contribution in [3.05, 3.63) is 48.5 Å². The fourth-order valence-corrected chi connectivity index (χ4v) is 2.85. The zero-order valence-corrected chi connectivity index (χ0v) is 15.8. The third kappa shape index (κ3) is 6.14. The normalized spacial score (nSPS) is 11.2. The van der Waals surface area contributed by atoms with Gasteiger partial charge in [-0.2, -0.15) is 0 Å². The van der Waals surface area contributed by atoms with E-state index in [2.05, 4.69) is 25.2 Å². The summed E-state index contributed by atoms with van der Waals surface area (Å²) in [5.41, 5.74) is 1.16. The van der Waals surface area contributed by atoms with Crippen molar-refractivity contribution in [1.29, 1.82) is 0 Å². The number of hydrogen-bond donors (Lipinski definition) is 2. The summed E-state index contributed by atoms with van der Waals surface area (Å²) >= 11 is 1.12. The Hall–Kier alpha value is -3.21. The maximum atomic E-state index is 12.1. The second-order valence-corrected chi connectivity index (χ2v) is 6.55. The van der Waals surface area contributed by atoms with Crippen LogP contribution in [0.4, 0.5) is 18.9 Å². The number of carbonyl (C=O) groups excluding carboxylic acids is 1. The minimum Gasteiger partial charge on any atom is -0.497 e. The van der Waals surface area contributed by atoms with Gasteiger partial charge in [0.15, 0.2) is 5.82 Å². The number of aromatic nitrogens is 3. The lowest BCUT2D eigenvalue weighted by atomic mass is 10.2. The maximum absolute atomic E-state index is 12.1. The molecule has 11 heteroatoms. The molecule has 0 unspecified atom stereocenters. The van der Waals surface area contributed by atoms with E-state index in [1.807, 2.05) is 12.1 Å². The van der Waals surface area contributed by atoms with Gasteiger partial charge in [-0.15, -0.1) is 18.3 Å². The molecule has 0 atom stereocenters. The van der Waals surface area contributed by atoms with E-state index in [-0.39, 0.29) is 17.4 Å². The second-order valence-electron chi connectivity index (χ2n) is 5.60. The molecule has 0 spiro atoms. The van der Waals surface area contributed by atoms with E-state index in [1.165, 1.54) is 12.1 Å². The number of amides is 1. The van der Waals surface area contributed by atoms with Crippen LogP contribution in [0.1, 0.15) is 0 Å². The van der Waals surface area contributed by atoms with Crippen molar-refractivity contribution in [2.75, 3.05) is 18.2 Å². The highest BCUT2D eigenvalue weighted by atomic mass is 32.2. The Bertz CT molecular complexity index is 960. The Morgan fingerprint density at radius 1 is 1.10 bits per heavy atom. The molecule has 1 heterocycles. The molecule has 1 amide bonds. The van der Waals surface area contributed by atoms with Gasteiger partial charge in [0.2, 0.25) is 11.1 Å². The SMILES string of the molecule is COc1ccc(-c2nc(SCC(=O)Nc3ccc(OC(F)(F)F)cc3)n[nH]2)cc1. The van der Waals surface area contributed by atoms with Gasteiger partial charge in [-0.25, -0.2) is 4.98 Å². The highest BCUT2D eigenvalue weighted by molar-refractivity contribution is 7.99. The molecule has 0 fully saturated rings. The van der Waals surface area contributed by atoms with Crippen LogP contribution < -0.4 is 14.8 Å². The first kappa shape index (κ1) is 20.5. The molecule has 7 nitrogen and oxygen atoms in total. The molecule has 0 aliphatic rings. The Balaban J connectivity index is 1.51. The van der Waals surface area contributed by atoms with Crippen LogP contribution in [0.5, 0.6) is 11.5 Å². The van der Waals surface area contributed by atoms with E-state index in [9.17, 15) is 18.0 Å². The number of hydrogen-bond acceptors (Lipinski definition) is 6. The number of alkyl halides is 3. The summed E-state index contributed by atoms with van der Waals surface area (Å²) < 4.78 is 45.3. The summed E-state index contributed by atoms with van der Waals surface area (Å²) in [6.07, 6.45) is -4.76. The van der Waals surface area contributed by atoms with Crippen LogP contribution in [0.25, 0.3) is 11.4 Å². The van der Waals surface area contributed by atoms with Crippen LogP contribution in [-0.4, -0.2) is 40.3 Å². The molecular formula is C18H15F3N4O3S. The molecule has 1 aromatic heterocycles. The number of ether oxygens (including phenoxy) is 2. The molecule has 29 heavy (non-hydrogen) atoms. The number of anilines is 1. The van der Waals surface area contributed by atoms with Gasteiger partial charge < -0.3 is 14.8 Å². The molecular weight excluding hydrogens is 409 g/mol. The summed E-state index contributed by atoms with van der Waals surface area (Å²) in [6.45, 7) is 0. The second kappa shape index (κ2) is 8.86. The Kier molecular flexibility index (Phi) is 6.27. The van der Waals surface area contributed by atoms with Crippen molar-refractivity contribution in [3.8, 4) is 22.9 Å². The van der Waals surface area contributed by atoms with Gasteiger partial charge in [-0.3, -0.25) is 9.89 Å². The van der Waals surface area contributed by atoms with Gasteiger partial charge >= 0.3 is 6.36 Å². The molecule has 2 aromatic carbocycles. The number of rotatable bonds is 7. The van der Waals surface area contributed by atoms with Crippen molar-refractivity contribution in [2.24, 2.45) is 0 Å². The highest BCUT2D eigenvalue weighted by Gasteiger charge is 2.30. The summed E-state index contributed by atoms with van der Waals surface area (Å²) in [5.74, 6) is 0.584. The third-order valence-electron chi connectivity index (χ3n) is 3.53. The number of aromatic amines is 1. The van der Waals surface area contributed by atoms with Crippen LogP contribution in [0.15, 0.2) is 53.7 Å². The minimum absolute atomic E-state index is 0.0285. The van der Waals surface area contributed by atoms with Crippen LogP contribution >= 0.6 is 11.8 Å². The fourth-order valence-electron chi connectivity index (χ4n) is 2.26. The maximum Gasteiger partial charge on any atom is 0.573 e. The van der Waals surface area contributed by atoms with E-state index >= 15 is 0 Å². The molecule has 0 radical (unpaired) electrons. The first-order valence-electron chi connectivity index (χ1n) is 8.18. The smallest absolute Gasteiger partial charge is 0.497 e. The highest BCUT2D eigenvalue weighted by Crippen LogP contribution is 2.25. The van der Waals surface area contributed by atoms with E-state index in [0.29, 0.717) is 16.7 Å². The molecule has 3 aromatic rings. The van der Waals surface area contributed by atoms with Gasteiger partial charge in [0.1, 0.15) is 11.5 Å². The van der Waals surface area contributed by atoms with Crippen LogP contribution in [-0.2, 0) is 4.79 Å². The molecule has 2 N–H and O–H groups in total. The van der Waals surface area contributed by atoms with Crippen LogP contribution in [0.2, 0.25) is 0 Å². The topological polar surface area (TPSA) is 89.1 Å². The number of H-pyrrole nitrogens is 1. The van der Waals surface area contributed by atoms with Crippen molar-refractivity contribution in [1.82, 2.24) is 15.2 Å². The quantitative estimate of drug-likeness (QED) is 0.555. The molecule has 3 rings (SSSR count). The summed E-state index contributed by atoms with van der Waals surface area (Å²) in [7, 11) is 1.58. The summed E-state index contributed by atoms with van der Waals surface area (Å²) in [4.78, 5) is 16.3. The number of halogens is 3. The minimum atomic E-state index is -4.76. The Morgan fingerprint density at radius 3 is 2.38 bits per heavy atom. The zero-order chi connectivity index (χ0) is 20.9. The number of nitrogens with zero attached hydrogens (tertiary/aromatic N) is 2. The molecule has 0 saturated heterocycles. The number of thioether (sulfide) groups is 1. The van der Waals surface area contributed by atoms with Crippen molar-refractivity contribution in [3.63, 3.8) is 0 Å². The van der Waals surface area contributed by atoms with E-state index in [4.69, 9.17) is 4.74 Å². The summed E-state index contributed by atoms with van der Waals surface area (Å²) in [5, 5.41) is 9.82. The average Bonchev–Trinajstić information content (AvgIpc) is 3.16. The monoisotopic (exact) mass is 424 g/mol. The molecule has 0 aliphatic carbocycles. The molecule has 0 aliphatic heterocycles.